The van der Waals surface area contributed by atoms with Crippen LogP contribution in [0.25, 0.3) is 0 Å². The molecule has 1 aromatic rings. The lowest BCUT2D eigenvalue weighted by Gasteiger charge is -2.29. The van der Waals surface area contributed by atoms with Crippen molar-refractivity contribution in [2.45, 2.75) is 51.1 Å². The fourth-order valence-electron chi connectivity index (χ4n) is 3.11. The normalized spacial score (nSPS) is 22.2. The van der Waals surface area contributed by atoms with Gasteiger partial charge in [0, 0.05) is 17.0 Å². The smallest absolute Gasteiger partial charge is 0.312 e. The number of carbonyl (C=O) groups is 2. The van der Waals surface area contributed by atoms with E-state index in [0.717, 1.165) is 37.7 Å². The number of nitrogens with one attached hydrogen (secondary N) is 2. The van der Waals surface area contributed by atoms with Gasteiger partial charge < -0.3 is 16.4 Å². The Morgan fingerprint density at radius 3 is 2.35 bits per heavy atom. The van der Waals surface area contributed by atoms with E-state index < -0.39 is 6.03 Å². The number of hydrogen-bond donors (Lipinski definition) is 3. The zero-order chi connectivity index (χ0) is 16.8. The third-order valence-corrected chi connectivity index (χ3v) is 4.69. The second-order valence-corrected chi connectivity index (χ2v) is 6.51. The molecule has 1 fully saturated rings. The summed E-state index contributed by atoms with van der Waals surface area (Å²) in [4.78, 5) is 23.4. The van der Waals surface area contributed by atoms with Crippen LogP contribution in [0.1, 0.15) is 50.6 Å². The van der Waals surface area contributed by atoms with E-state index in [4.69, 9.17) is 17.3 Å². The summed E-state index contributed by atoms with van der Waals surface area (Å²) < 4.78 is 0. The maximum Gasteiger partial charge on any atom is 0.312 e. The van der Waals surface area contributed by atoms with Crippen LogP contribution in [-0.2, 0) is 4.79 Å². The summed E-state index contributed by atoms with van der Waals surface area (Å²) in [6, 6.07) is 7.18. The highest BCUT2D eigenvalue weighted by molar-refractivity contribution is 6.30. The molecule has 1 aromatic carbocycles. The van der Waals surface area contributed by atoms with Crippen LogP contribution in [0.5, 0.6) is 0 Å². The molecule has 5 nitrogen and oxygen atoms in total. The van der Waals surface area contributed by atoms with Crippen LogP contribution < -0.4 is 16.4 Å². The highest BCUT2D eigenvalue weighted by Gasteiger charge is 2.28. The van der Waals surface area contributed by atoms with Gasteiger partial charge >= 0.3 is 6.03 Å². The lowest BCUT2D eigenvalue weighted by Crippen LogP contribution is -2.43. The van der Waals surface area contributed by atoms with E-state index in [2.05, 4.69) is 10.6 Å². The summed E-state index contributed by atoms with van der Waals surface area (Å²) in [6.07, 6.45) is 3.95. The van der Waals surface area contributed by atoms with E-state index in [1.807, 2.05) is 31.2 Å². The monoisotopic (exact) mass is 337 g/mol. The van der Waals surface area contributed by atoms with Crippen molar-refractivity contribution < 1.29 is 9.59 Å². The van der Waals surface area contributed by atoms with Crippen LogP contribution in [0.2, 0.25) is 5.02 Å². The van der Waals surface area contributed by atoms with Gasteiger partial charge in [0.25, 0.3) is 0 Å². The van der Waals surface area contributed by atoms with Gasteiger partial charge in [-0.05, 0) is 49.8 Å². The SMILES string of the molecule is CC[C@@H](NC(=O)C1CCC(NC(N)=O)CC1)c1ccc(Cl)cc1. The number of primary amides is 1. The number of hydrogen-bond acceptors (Lipinski definition) is 2. The van der Waals surface area contributed by atoms with Gasteiger partial charge in [-0.1, -0.05) is 30.7 Å². The lowest BCUT2D eigenvalue weighted by molar-refractivity contribution is -0.126. The fraction of sp³-hybridized carbons (Fsp3) is 0.529. The maximum atomic E-state index is 12.5. The lowest BCUT2D eigenvalue weighted by atomic mass is 9.85. The van der Waals surface area contributed by atoms with E-state index in [0.29, 0.717) is 5.02 Å². The van der Waals surface area contributed by atoms with Crippen molar-refractivity contribution in [1.29, 1.82) is 0 Å². The van der Waals surface area contributed by atoms with E-state index in [1.165, 1.54) is 0 Å². The Kier molecular flexibility index (Phi) is 6.28. The first kappa shape index (κ1) is 17.6. The van der Waals surface area contributed by atoms with Crippen molar-refractivity contribution in [3.8, 4) is 0 Å². The highest BCUT2D eigenvalue weighted by Crippen LogP contribution is 2.26. The average molecular weight is 338 g/mol. The average Bonchev–Trinajstić information content (AvgIpc) is 2.53. The second kappa shape index (κ2) is 8.20. The first-order valence-corrected chi connectivity index (χ1v) is 8.49. The quantitative estimate of drug-likeness (QED) is 0.771. The van der Waals surface area contributed by atoms with Crippen molar-refractivity contribution in [2.24, 2.45) is 11.7 Å². The number of nitrogens with two attached hydrogens (primary N) is 1. The molecule has 0 heterocycles. The Morgan fingerprint density at radius 1 is 1.22 bits per heavy atom. The van der Waals surface area contributed by atoms with Gasteiger partial charge in [0.2, 0.25) is 5.91 Å². The minimum atomic E-state index is -0.494. The Labute approximate surface area is 142 Å². The van der Waals surface area contributed by atoms with Crippen LogP contribution in [0.4, 0.5) is 4.79 Å². The predicted molar refractivity (Wildman–Crippen MR) is 91.1 cm³/mol. The standard InChI is InChI=1S/C17H24ClN3O2/c1-2-15(11-3-7-13(18)8-4-11)21-16(22)12-5-9-14(10-6-12)20-17(19)23/h3-4,7-8,12,14-15H,2,5-6,9-10H2,1H3,(H,21,22)(H3,19,20,23)/t12?,14?,15-/m1/s1. The minimum absolute atomic E-state index is 0.00114. The third-order valence-electron chi connectivity index (χ3n) is 4.44. The maximum absolute atomic E-state index is 12.5. The minimum Gasteiger partial charge on any atom is -0.352 e. The number of amides is 3. The van der Waals surface area contributed by atoms with Crippen molar-refractivity contribution in [3.05, 3.63) is 34.9 Å². The van der Waals surface area contributed by atoms with E-state index in [-0.39, 0.29) is 23.9 Å². The van der Waals surface area contributed by atoms with Crippen molar-refractivity contribution in [1.82, 2.24) is 10.6 Å². The topological polar surface area (TPSA) is 84.2 Å². The molecule has 1 aliphatic rings. The number of urea groups is 1. The van der Waals surface area contributed by atoms with Gasteiger partial charge in [-0.2, -0.15) is 0 Å². The summed E-state index contributed by atoms with van der Waals surface area (Å²) in [5.74, 6) is 0.0894. The molecular weight excluding hydrogens is 314 g/mol. The molecule has 1 atom stereocenters. The second-order valence-electron chi connectivity index (χ2n) is 6.08. The molecule has 2 rings (SSSR count). The number of carbonyl (C=O) groups excluding carboxylic acids is 2. The summed E-state index contributed by atoms with van der Waals surface area (Å²) in [7, 11) is 0. The zero-order valence-electron chi connectivity index (χ0n) is 13.3. The van der Waals surface area contributed by atoms with Crippen LogP contribution in [0.3, 0.4) is 0 Å². The predicted octanol–water partition coefficient (Wildman–Crippen LogP) is 3.13. The van der Waals surface area contributed by atoms with Crippen LogP contribution in [0.15, 0.2) is 24.3 Å². The number of halogens is 1. The summed E-state index contributed by atoms with van der Waals surface area (Å²) >= 11 is 5.91. The summed E-state index contributed by atoms with van der Waals surface area (Å²) in [6.45, 7) is 2.05. The molecule has 0 bridgehead atoms. The first-order valence-electron chi connectivity index (χ1n) is 8.11. The fourth-order valence-corrected chi connectivity index (χ4v) is 3.23. The molecule has 23 heavy (non-hydrogen) atoms. The van der Waals surface area contributed by atoms with Gasteiger partial charge in [-0.25, -0.2) is 4.79 Å². The number of benzene rings is 1. The van der Waals surface area contributed by atoms with E-state index in [1.54, 1.807) is 0 Å². The molecule has 126 valence electrons. The molecule has 0 saturated heterocycles. The Bertz CT molecular complexity index is 539. The van der Waals surface area contributed by atoms with Gasteiger partial charge in [-0.15, -0.1) is 0 Å². The molecule has 0 spiro atoms. The van der Waals surface area contributed by atoms with Crippen LogP contribution in [0, 0.1) is 5.92 Å². The summed E-state index contributed by atoms with van der Waals surface area (Å²) in [5.41, 5.74) is 6.20. The Morgan fingerprint density at radius 2 is 1.83 bits per heavy atom. The molecule has 0 aromatic heterocycles. The Hall–Kier alpha value is -1.75. The Balaban J connectivity index is 1.88. The molecule has 6 heteroatoms. The zero-order valence-corrected chi connectivity index (χ0v) is 14.1. The highest BCUT2D eigenvalue weighted by atomic mass is 35.5. The molecule has 0 unspecified atom stereocenters. The van der Waals surface area contributed by atoms with Crippen molar-refractivity contribution in [2.75, 3.05) is 0 Å². The molecule has 1 aliphatic carbocycles. The van der Waals surface area contributed by atoms with Gasteiger partial charge in [0.1, 0.15) is 0 Å². The van der Waals surface area contributed by atoms with Crippen LogP contribution in [-0.4, -0.2) is 18.0 Å². The van der Waals surface area contributed by atoms with E-state index >= 15 is 0 Å². The molecule has 3 amide bonds. The molecule has 0 aliphatic heterocycles. The summed E-state index contributed by atoms with van der Waals surface area (Å²) in [5, 5.41) is 6.54. The number of rotatable bonds is 5. The van der Waals surface area contributed by atoms with Gasteiger partial charge in [0.05, 0.1) is 6.04 Å². The molecule has 0 radical (unpaired) electrons. The largest absolute Gasteiger partial charge is 0.352 e. The van der Waals surface area contributed by atoms with Gasteiger partial charge in [-0.3, -0.25) is 4.79 Å². The van der Waals surface area contributed by atoms with Crippen LogP contribution >= 0.6 is 11.6 Å². The van der Waals surface area contributed by atoms with E-state index in [9.17, 15) is 9.59 Å². The molecule has 4 N–H and O–H groups in total. The third kappa shape index (κ3) is 5.13. The first-order chi connectivity index (χ1) is 11.0. The molecular formula is C17H24ClN3O2. The van der Waals surface area contributed by atoms with Gasteiger partial charge in [0.15, 0.2) is 0 Å². The van der Waals surface area contributed by atoms with Crippen molar-refractivity contribution in [3.63, 3.8) is 0 Å². The molecule has 1 saturated carbocycles. The van der Waals surface area contributed by atoms with Crippen molar-refractivity contribution >= 4 is 23.5 Å².